The van der Waals surface area contributed by atoms with E-state index in [1.165, 1.54) is 19.3 Å². The minimum atomic E-state index is -0.485. The zero-order valence-corrected chi connectivity index (χ0v) is 11.9. The van der Waals surface area contributed by atoms with Gasteiger partial charge in [-0.1, -0.05) is 6.92 Å². The maximum Gasteiger partial charge on any atom is 0.101 e. The second kappa shape index (κ2) is 9.73. The van der Waals surface area contributed by atoms with Crippen molar-refractivity contribution in [2.75, 3.05) is 26.4 Å². The van der Waals surface area contributed by atoms with Gasteiger partial charge in [0.2, 0.25) is 0 Å². The molecule has 2 N–H and O–H groups in total. The monoisotopic (exact) mass is 259 g/mol. The van der Waals surface area contributed by atoms with Crippen LogP contribution in [-0.4, -0.2) is 49.7 Å². The highest BCUT2D eigenvalue weighted by Crippen LogP contribution is 2.21. The lowest BCUT2D eigenvalue weighted by atomic mass is 9.93. The van der Waals surface area contributed by atoms with Gasteiger partial charge in [0.15, 0.2) is 0 Å². The molecule has 1 unspecified atom stereocenters. The SMILES string of the molecule is CCCNC1CCC(OCC(O)COCC)CC1. The highest BCUT2D eigenvalue weighted by molar-refractivity contribution is 4.77. The van der Waals surface area contributed by atoms with Crippen LogP contribution in [0.15, 0.2) is 0 Å². The number of hydrogen-bond acceptors (Lipinski definition) is 4. The third-order valence-corrected chi connectivity index (χ3v) is 3.40. The second-order valence-corrected chi connectivity index (χ2v) is 5.07. The molecule has 4 heteroatoms. The first kappa shape index (κ1) is 15.9. The topological polar surface area (TPSA) is 50.7 Å². The number of ether oxygens (including phenoxy) is 2. The van der Waals surface area contributed by atoms with Gasteiger partial charge >= 0.3 is 0 Å². The van der Waals surface area contributed by atoms with Gasteiger partial charge in [0.25, 0.3) is 0 Å². The molecule has 0 aliphatic heterocycles. The summed E-state index contributed by atoms with van der Waals surface area (Å²) in [5.41, 5.74) is 0. The van der Waals surface area contributed by atoms with Crippen LogP contribution in [0.2, 0.25) is 0 Å². The lowest BCUT2D eigenvalue weighted by Crippen LogP contribution is -2.36. The molecule has 1 fully saturated rings. The summed E-state index contributed by atoms with van der Waals surface area (Å²) >= 11 is 0. The van der Waals surface area contributed by atoms with Crippen molar-refractivity contribution < 1.29 is 14.6 Å². The fourth-order valence-electron chi connectivity index (χ4n) is 2.33. The molecular weight excluding hydrogens is 230 g/mol. The Hall–Kier alpha value is -0.160. The van der Waals surface area contributed by atoms with E-state index < -0.39 is 6.10 Å². The van der Waals surface area contributed by atoms with Crippen molar-refractivity contribution in [3.8, 4) is 0 Å². The van der Waals surface area contributed by atoms with E-state index in [0.717, 1.165) is 19.4 Å². The Morgan fingerprint density at radius 1 is 1.17 bits per heavy atom. The summed E-state index contributed by atoms with van der Waals surface area (Å²) in [7, 11) is 0. The van der Waals surface area contributed by atoms with Crippen LogP contribution in [0.5, 0.6) is 0 Å². The Morgan fingerprint density at radius 2 is 1.89 bits per heavy atom. The van der Waals surface area contributed by atoms with Crippen LogP contribution < -0.4 is 5.32 Å². The van der Waals surface area contributed by atoms with Crippen molar-refractivity contribution in [1.82, 2.24) is 5.32 Å². The zero-order valence-electron chi connectivity index (χ0n) is 11.9. The fourth-order valence-corrected chi connectivity index (χ4v) is 2.33. The molecule has 108 valence electrons. The summed E-state index contributed by atoms with van der Waals surface area (Å²) in [6.07, 6.45) is 5.60. The summed E-state index contributed by atoms with van der Waals surface area (Å²) in [5.74, 6) is 0. The average Bonchev–Trinajstić information content (AvgIpc) is 2.41. The van der Waals surface area contributed by atoms with E-state index in [0.29, 0.717) is 32.0 Å². The van der Waals surface area contributed by atoms with Crippen LogP contribution in [0.3, 0.4) is 0 Å². The summed E-state index contributed by atoms with van der Waals surface area (Å²) in [5, 5.41) is 13.2. The molecule has 0 saturated heterocycles. The van der Waals surface area contributed by atoms with Crippen LogP contribution in [-0.2, 0) is 9.47 Å². The molecule has 0 radical (unpaired) electrons. The molecule has 1 aliphatic carbocycles. The highest BCUT2D eigenvalue weighted by Gasteiger charge is 2.21. The number of rotatable bonds is 9. The van der Waals surface area contributed by atoms with Crippen molar-refractivity contribution in [3.05, 3.63) is 0 Å². The number of aliphatic hydroxyl groups excluding tert-OH is 1. The van der Waals surface area contributed by atoms with Crippen LogP contribution >= 0.6 is 0 Å². The fraction of sp³-hybridized carbons (Fsp3) is 1.00. The number of hydrogen-bond donors (Lipinski definition) is 2. The van der Waals surface area contributed by atoms with Crippen molar-refractivity contribution in [3.63, 3.8) is 0 Å². The Labute approximate surface area is 111 Å². The maximum absolute atomic E-state index is 9.62. The van der Waals surface area contributed by atoms with Crippen molar-refractivity contribution in [2.24, 2.45) is 0 Å². The molecular formula is C14H29NO3. The van der Waals surface area contributed by atoms with Gasteiger partial charge in [-0.2, -0.15) is 0 Å². The summed E-state index contributed by atoms with van der Waals surface area (Å²) in [4.78, 5) is 0. The quantitative estimate of drug-likeness (QED) is 0.662. The number of aliphatic hydroxyl groups is 1. The van der Waals surface area contributed by atoms with Gasteiger partial charge < -0.3 is 19.9 Å². The Morgan fingerprint density at radius 3 is 2.50 bits per heavy atom. The summed E-state index contributed by atoms with van der Waals surface area (Å²) in [6.45, 7) is 6.66. The standard InChI is InChI=1S/C14H29NO3/c1-3-9-15-12-5-7-14(8-6-12)18-11-13(16)10-17-4-2/h12-16H,3-11H2,1-2H3. The average molecular weight is 259 g/mol. The van der Waals surface area contributed by atoms with Gasteiger partial charge in [-0.15, -0.1) is 0 Å². The first-order valence-electron chi connectivity index (χ1n) is 7.37. The minimum Gasteiger partial charge on any atom is -0.388 e. The third-order valence-electron chi connectivity index (χ3n) is 3.40. The normalized spacial score (nSPS) is 26.2. The predicted octanol–water partition coefficient (Wildman–Crippen LogP) is 1.71. The highest BCUT2D eigenvalue weighted by atomic mass is 16.5. The van der Waals surface area contributed by atoms with Crippen LogP contribution in [0.25, 0.3) is 0 Å². The molecule has 1 aliphatic rings. The molecule has 0 spiro atoms. The molecule has 0 aromatic heterocycles. The van der Waals surface area contributed by atoms with Gasteiger partial charge in [0, 0.05) is 12.6 Å². The van der Waals surface area contributed by atoms with Crippen molar-refractivity contribution in [1.29, 1.82) is 0 Å². The summed E-state index contributed by atoms with van der Waals surface area (Å²) < 4.78 is 10.9. The second-order valence-electron chi connectivity index (χ2n) is 5.07. The van der Waals surface area contributed by atoms with E-state index in [1.54, 1.807) is 0 Å². The Balaban J connectivity index is 2.04. The van der Waals surface area contributed by atoms with E-state index in [-0.39, 0.29) is 0 Å². The van der Waals surface area contributed by atoms with Gasteiger partial charge in [0.05, 0.1) is 19.3 Å². The van der Waals surface area contributed by atoms with E-state index in [1.807, 2.05) is 6.92 Å². The minimum absolute atomic E-state index is 0.320. The van der Waals surface area contributed by atoms with E-state index in [9.17, 15) is 5.11 Å². The molecule has 0 aromatic rings. The largest absolute Gasteiger partial charge is 0.388 e. The van der Waals surface area contributed by atoms with Gasteiger partial charge in [0.1, 0.15) is 6.10 Å². The van der Waals surface area contributed by atoms with Crippen molar-refractivity contribution in [2.45, 2.75) is 64.2 Å². The molecule has 1 rings (SSSR count). The van der Waals surface area contributed by atoms with Crippen LogP contribution in [0.4, 0.5) is 0 Å². The van der Waals surface area contributed by atoms with Gasteiger partial charge in [-0.05, 0) is 45.6 Å². The smallest absolute Gasteiger partial charge is 0.101 e. The first-order chi connectivity index (χ1) is 8.76. The van der Waals surface area contributed by atoms with E-state index in [4.69, 9.17) is 9.47 Å². The first-order valence-corrected chi connectivity index (χ1v) is 7.37. The molecule has 18 heavy (non-hydrogen) atoms. The molecule has 1 atom stereocenters. The zero-order chi connectivity index (χ0) is 13.2. The predicted molar refractivity (Wildman–Crippen MR) is 72.8 cm³/mol. The lowest BCUT2D eigenvalue weighted by Gasteiger charge is -2.29. The Bertz CT molecular complexity index is 193. The van der Waals surface area contributed by atoms with E-state index in [2.05, 4.69) is 12.2 Å². The van der Waals surface area contributed by atoms with Crippen molar-refractivity contribution >= 4 is 0 Å². The summed E-state index contributed by atoms with van der Waals surface area (Å²) in [6, 6.07) is 0.665. The van der Waals surface area contributed by atoms with Gasteiger partial charge in [-0.3, -0.25) is 0 Å². The number of nitrogens with one attached hydrogen (secondary N) is 1. The van der Waals surface area contributed by atoms with E-state index >= 15 is 0 Å². The maximum atomic E-state index is 9.62. The molecule has 0 bridgehead atoms. The molecule has 0 heterocycles. The Kier molecular flexibility index (Phi) is 8.59. The van der Waals surface area contributed by atoms with Crippen LogP contribution in [0.1, 0.15) is 46.0 Å². The molecule has 0 amide bonds. The lowest BCUT2D eigenvalue weighted by molar-refractivity contribution is -0.0532. The molecule has 0 aromatic carbocycles. The van der Waals surface area contributed by atoms with Crippen LogP contribution in [0, 0.1) is 0 Å². The molecule has 4 nitrogen and oxygen atoms in total. The molecule has 1 saturated carbocycles. The van der Waals surface area contributed by atoms with Gasteiger partial charge in [-0.25, -0.2) is 0 Å². The third kappa shape index (κ3) is 6.69.